The summed E-state index contributed by atoms with van der Waals surface area (Å²) >= 11 is 0. The van der Waals surface area contributed by atoms with Crippen LogP contribution >= 0.6 is 0 Å². The molecule has 0 aliphatic rings. The number of carbonyl (C=O) groups excluding carboxylic acids is 2. The van der Waals surface area contributed by atoms with Crippen molar-refractivity contribution in [3.8, 4) is 0 Å². The Kier molecular flexibility index (Phi) is 7.73. The van der Waals surface area contributed by atoms with Gasteiger partial charge >= 0.3 is 0 Å². The maximum absolute atomic E-state index is 13.2. The van der Waals surface area contributed by atoms with Gasteiger partial charge in [0, 0.05) is 12.6 Å². The van der Waals surface area contributed by atoms with Gasteiger partial charge in [-0.05, 0) is 56.0 Å². The number of nitrogens with one attached hydrogen (secondary N) is 1. The second kappa shape index (κ2) is 10.0. The lowest BCUT2D eigenvalue weighted by atomic mass is 10.1. The van der Waals surface area contributed by atoms with E-state index in [4.69, 9.17) is 0 Å². The number of aryl methyl sites for hydroxylation is 1. The molecule has 4 nitrogen and oxygen atoms in total. The zero-order chi connectivity index (χ0) is 20.7. The molecule has 2 aromatic rings. The Morgan fingerprint density at radius 2 is 1.71 bits per heavy atom. The average Bonchev–Trinajstić information content (AvgIpc) is 2.68. The van der Waals surface area contributed by atoms with E-state index >= 15 is 0 Å². The highest BCUT2D eigenvalue weighted by atomic mass is 19.1. The van der Waals surface area contributed by atoms with E-state index in [0.717, 1.165) is 23.1 Å². The topological polar surface area (TPSA) is 49.4 Å². The first-order valence-corrected chi connectivity index (χ1v) is 9.70. The second-order valence-corrected chi connectivity index (χ2v) is 7.25. The molecule has 0 fully saturated rings. The monoisotopic (exact) mass is 384 g/mol. The number of hydrogen-bond donors (Lipinski definition) is 1. The molecular weight excluding hydrogens is 355 g/mol. The maximum Gasteiger partial charge on any atom is 0.242 e. The van der Waals surface area contributed by atoms with E-state index in [1.165, 1.54) is 12.1 Å². The van der Waals surface area contributed by atoms with Crippen LogP contribution in [0.5, 0.6) is 0 Å². The molecule has 0 aromatic heterocycles. The van der Waals surface area contributed by atoms with Crippen LogP contribution in [-0.2, 0) is 22.6 Å². The summed E-state index contributed by atoms with van der Waals surface area (Å²) < 4.78 is 13.2. The second-order valence-electron chi connectivity index (χ2n) is 7.25. The normalized spacial score (nSPS) is 12.9. The summed E-state index contributed by atoms with van der Waals surface area (Å²) in [7, 11) is 0. The predicted molar refractivity (Wildman–Crippen MR) is 109 cm³/mol. The molecule has 0 aliphatic heterocycles. The Bertz CT molecular complexity index is 805. The molecule has 0 spiro atoms. The van der Waals surface area contributed by atoms with Gasteiger partial charge in [-0.2, -0.15) is 0 Å². The summed E-state index contributed by atoms with van der Waals surface area (Å²) in [6.45, 7) is 8.03. The molecule has 2 atom stereocenters. The van der Waals surface area contributed by atoms with E-state index < -0.39 is 6.04 Å². The Morgan fingerprint density at radius 3 is 2.32 bits per heavy atom. The molecular formula is C23H29FN2O2. The van der Waals surface area contributed by atoms with Crippen molar-refractivity contribution in [3.05, 3.63) is 71.0 Å². The summed E-state index contributed by atoms with van der Waals surface area (Å²) in [4.78, 5) is 27.3. The molecule has 5 heteroatoms. The molecule has 150 valence electrons. The molecule has 0 heterocycles. The van der Waals surface area contributed by atoms with Crippen LogP contribution in [0.25, 0.3) is 0 Å². The third-order valence-corrected chi connectivity index (χ3v) is 5.04. The minimum atomic E-state index is -0.610. The minimum Gasteiger partial charge on any atom is -0.352 e. The first kappa shape index (κ1) is 21.6. The SMILES string of the molecule is CCC(C)NC(=O)C(C)N(Cc1ccccc1C)C(=O)Cc1ccc(F)cc1. The van der Waals surface area contributed by atoms with Gasteiger partial charge in [-0.1, -0.05) is 43.3 Å². The van der Waals surface area contributed by atoms with E-state index in [1.54, 1.807) is 24.0 Å². The quantitative estimate of drug-likeness (QED) is 0.748. The van der Waals surface area contributed by atoms with Gasteiger partial charge in [0.25, 0.3) is 0 Å². The molecule has 0 radical (unpaired) electrons. The highest BCUT2D eigenvalue weighted by Crippen LogP contribution is 2.16. The van der Waals surface area contributed by atoms with Crippen LogP contribution < -0.4 is 5.32 Å². The van der Waals surface area contributed by atoms with E-state index in [1.807, 2.05) is 45.0 Å². The molecule has 28 heavy (non-hydrogen) atoms. The lowest BCUT2D eigenvalue weighted by Crippen LogP contribution is -2.50. The van der Waals surface area contributed by atoms with Crippen LogP contribution in [0.1, 0.15) is 43.9 Å². The number of hydrogen-bond acceptors (Lipinski definition) is 2. The molecule has 0 saturated heterocycles. The number of carbonyl (C=O) groups is 2. The van der Waals surface area contributed by atoms with Crippen molar-refractivity contribution in [2.75, 3.05) is 0 Å². The van der Waals surface area contributed by atoms with Crippen LogP contribution in [0.15, 0.2) is 48.5 Å². The van der Waals surface area contributed by atoms with E-state index in [9.17, 15) is 14.0 Å². The van der Waals surface area contributed by atoms with Crippen molar-refractivity contribution in [1.29, 1.82) is 0 Å². The van der Waals surface area contributed by atoms with Crippen molar-refractivity contribution >= 4 is 11.8 Å². The molecule has 2 unspecified atom stereocenters. The summed E-state index contributed by atoms with van der Waals surface area (Å²) in [5.74, 6) is -0.675. The molecule has 0 bridgehead atoms. The summed E-state index contributed by atoms with van der Waals surface area (Å²) in [6.07, 6.45) is 0.937. The Balaban J connectivity index is 2.23. The number of nitrogens with zero attached hydrogens (tertiary/aromatic N) is 1. The highest BCUT2D eigenvalue weighted by molar-refractivity contribution is 5.88. The predicted octanol–water partition coefficient (Wildman–Crippen LogP) is 4.01. The first-order valence-electron chi connectivity index (χ1n) is 9.70. The molecule has 1 N–H and O–H groups in total. The van der Waals surface area contributed by atoms with E-state index in [2.05, 4.69) is 5.32 Å². The van der Waals surface area contributed by atoms with Crippen LogP contribution in [0.4, 0.5) is 4.39 Å². The molecule has 2 aromatic carbocycles. The fraction of sp³-hybridized carbons (Fsp3) is 0.391. The molecule has 0 aliphatic carbocycles. The van der Waals surface area contributed by atoms with E-state index in [-0.39, 0.29) is 30.1 Å². The number of rotatable bonds is 8. The van der Waals surface area contributed by atoms with Crippen molar-refractivity contribution in [2.45, 2.75) is 59.2 Å². The standard InChI is InChI=1S/C23H29FN2O2/c1-5-17(3)25-23(28)18(4)26(15-20-9-7-6-8-16(20)2)22(27)14-19-10-12-21(24)13-11-19/h6-13,17-18H,5,14-15H2,1-4H3,(H,25,28). The molecule has 2 rings (SSSR count). The maximum atomic E-state index is 13.2. The lowest BCUT2D eigenvalue weighted by Gasteiger charge is -2.30. The smallest absolute Gasteiger partial charge is 0.242 e. The minimum absolute atomic E-state index is 0.0439. The third kappa shape index (κ3) is 5.91. The lowest BCUT2D eigenvalue weighted by molar-refractivity contribution is -0.140. The summed E-state index contributed by atoms with van der Waals surface area (Å²) in [6, 6.07) is 13.1. The largest absolute Gasteiger partial charge is 0.352 e. The molecule has 2 amide bonds. The van der Waals surface area contributed by atoms with Crippen LogP contribution in [0.2, 0.25) is 0 Å². The Labute approximate surface area is 166 Å². The van der Waals surface area contributed by atoms with Crippen molar-refractivity contribution < 1.29 is 14.0 Å². The van der Waals surface area contributed by atoms with Crippen LogP contribution in [0, 0.1) is 12.7 Å². The summed E-state index contributed by atoms with van der Waals surface area (Å²) in [5, 5.41) is 2.95. The van der Waals surface area contributed by atoms with Gasteiger partial charge in [0.2, 0.25) is 11.8 Å². The van der Waals surface area contributed by atoms with Crippen molar-refractivity contribution in [1.82, 2.24) is 10.2 Å². The Hall–Kier alpha value is -2.69. The van der Waals surface area contributed by atoms with Gasteiger partial charge in [0.15, 0.2) is 0 Å². The average molecular weight is 384 g/mol. The number of halogens is 1. The van der Waals surface area contributed by atoms with Gasteiger partial charge in [-0.15, -0.1) is 0 Å². The zero-order valence-electron chi connectivity index (χ0n) is 17.0. The third-order valence-electron chi connectivity index (χ3n) is 5.04. The molecule has 0 saturated carbocycles. The zero-order valence-corrected chi connectivity index (χ0v) is 17.0. The van der Waals surface area contributed by atoms with Gasteiger partial charge < -0.3 is 10.2 Å². The van der Waals surface area contributed by atoms with Gasteiger partial charge in [-0.25, -0.2) is 4.39 Å². The number of benzene rings is 2. The Morgan fingerprint density at radius 1 is 1.07 bits per heavy atom. The van der Waals surface area contributed by atoms with Crippen LogP contribution in [-0.4, -0.2) is 28.8 Å². The van der Waals surface area contributed by atoms with Gasteiger partial charge in [0.1, 0.15) is 11.9 Å². The van der Waals surface area contributed by atoms with Gasteiger partial charge in [-0.3, -0.25) is 9.59 Å². The van der Waals surface area contributed by atoms with Crippen molar-refractivity contribution in [2.24, 2.45) is 0 Å². The van der Waals surface area contributed by atoms with Gasteiger partial charge in [0.05, 0.1) is 6.42 Å². The fourth-order valence-corrected chi connectivity index (χ4v) is 2.90. The van der Waals surface area contributed by atoms with E-state index in [0.29, 0.717) is 6.54 Å². The van der Waals surface area contributed by atoms with Crippen LogP contribution in [0.3, 0.4) is 0 Å². The summed E-state index contributed by atoms with van der Waals surface area (Å²) in [5.41, 5.74) is 2.78. The highest BCUT2D eigenvalue weighted by Gasteiger charge is 2.27. The number of amides is 2. The van der Waals surface area contributed by atoms with Crippen molar-refractivity contribution in [3.63, 3.8) is 0 Å². The fourth-order valence-electron chi connectivity index (χ4n) is 2.90. The first-order chi connectivity index (χ1) is 13.3.